The minimum absolute atomic E-state index is 0.0886. The van der Waals surface area contributed by atoms with Crippen molar-refractivity contribution in [3.63, 3.8) is 0 Å². The quantitative estimate of drug-likeness (QED) is 0.818. The third kappa shape index (κ3) is 3.75. The molecule has 2 amide bonds. The monoisotopic (exact) mass is 360 g/mol. The SMILES string of the molecule is CC(CCc1ccc2c(c1)OCO2)NC(=O)NC1(C)CCOC1C1CC1. The summed E-state index contributed by atoms with van der Waals surface area (Å²) in [6.45, 7) is 5.18. The Morgan fingerprint density at radius 1 is 1.31 bits per heavy atom. The Labute approximate surface area is 154 Å². The highest BCUT2D eigenvalue weighted by atomic mass is 16.7. The number of carbonyl (C=O) groups excluding carboxylic acids is 1. The number of amides is 2. The average molecular weight is 360 g/mol. The van der Waals surface area contributed by atoms with Crippen molar-refractivity contribution in [1.82, 2.24) is 10.6 Å². The zero-order chi connectivity index (χ0) is 18.1. The fourth-order valence-electron chi connectivity index (χ4n) is 3.98. The number of hydrogen-bond donors (Lipinski definition) is 2. The van der Waals surface area contributed by atoms with E-state index in [0.717, 1.165) is 37.4 Å². The molecular formula is C20H28N2O4. The largest absolute Gasteiger partial charge is 0.454 e. The van der Waals surface area contributed by atoms with Gasteiger partial charge in [0.05, 0.1) is 11.6 Å². The molecule has 3 atom stereocenters. The molecule has 1 aromatic carbocycles. The minimum Gasteiger partial charge on any atom is -0.454 e. The van der Waals surface area contributed by atoms with Crippen molar-refractivity contribution in [2.45, 2.75) is 63.6 Å². The first-order valence-corrected chi connectivity index (χ1v) is 9.62. The number of fused-ring (bicyclic) bond motifs is 1. The van der Waals surface area contributed by atoms with E-state index < -0.39 is 0 Å². The molecule has 1 aliphatic carbocycles. The first-order valence-electron chi connectivity index (χ1n) is 9.62. The van der Waals surface area contributed by atoms with Crippen LogP contribution in [0.1, 0.15) is 45.1 Å². The second-order valence-electron chi connectivity index (χ2n) is 8.02. The minimum atomic E-state index is -0.248. The Kier molecular flexibility index (Phi) is 4.69. The summed E-state index contributed by atoms with van der Waals surface area (Å²) in [6, 6.07) is 6.01. The van der Waals surface area contributed by atoms with E-state index in [-0.39, 0.29) is 23.7 Å². The number of rotatable bonds is 6. The molecule has 0 aromatic heterocycles. The summed E-state index contributed by atoms with van der Waals surface area (Å²) in [5.41, 5.74) is 0.940. The summed E-state index contributed by atoms with van der Waals surface area (Å²) in [5.74, 6) is 2.23. The van der Waals surface area contributed by atoms with Crippen LogP contribution < -0.4 is 20.1 Å². The van der Waals surface area contributed by atoms with Crippen molar-refractivity contribution in [1.29, 1.82) is 0 Å². The fourth-order valence-corrected chi connectivity index (χ4v) is 3.98. The van der Waals surface area contributed by atoms with Gasteiger partial charge < -0.3 is 24.8 Å². The van der Waals surface area contributed by atoms with E-state index in [1.807, 2.05) is 19.1 Å². The van der Waals surface area contributed by atoms with Gasteiger partial charge in [0.15, 0.2) is 11.5 Å². The zero-order valence-corrected chi connectivity index (χ0v) is 15.5. The zero-order valence-electron chi connectivity index (χ0n) is 15.5. The first kappa shape index (κ1) is 17.5. The van der Waals surface area contributed by atoms with Crippen molar-refractivity contribution in [3.05, 3.63) is 23.8 Å². The lowest BCUT2D eigenvalue weighted by Gasteiger charge is -2.32. The highest BCUT2D eigenvalue weighted by Gasteiger charge is 2.49. The van der Waals surface area contributed by atoms with Gasteiger partial charge in [-0.1, -0.05) is 6.07 Å². The highest BCUT2D eigenvalue weighted by molar-refractivity contribution is 5.75. The van der Waals surface area contributed by atoms with Gasteiger partial charge >= 0.3 is 6.03 Å². The summed E-state index contributed by atoms with van der Waals surface area (Å²) in [6.07, 6.45) is 5.23. The number of ether oxygens (including phenoxy) is 3. The Balaban J connectivity index is 1.25. The van der Waals surface area contributed by atoms with Crippen LogP contribution in [0.4, 0.5) is 4.79 Å². The van der Waals surface area contributed by atoms with Crippen LogP contribution in [-0.2, 0) is 11.2 Å². The van der Waals surface area contributed by atoms with E-state index in [9.17, 15) is 4.79 Å². The van der Waals surface area contributed by atoms with Crippen LogP contribution in [0.25, 0.3) is 0 Å². The molecule has 2 fully saturated rings. The summed E-state index contributed by atoms with van der Waals surface area (Å²) in [4.78, 5) is 12.5. The molecule has 6 nitrogen and oxygen atoms in total. The second-order valence-corrected chi connectivity index (χ2v) is 8.02. The average Bonchev–Trinajstić information content (AvgIpc) is 3.20. The first-order chi connectivity index (χ1) is 12.5. The highest BCUT2D eigenvalue weighted by Crippen LogP contribution is 2.43. The number of urea groups is 1. The van der Waals surface area contributed by atoms with Gasteiger partial charge in [-0.25, -0.2) is 4.79 Å². The van der Waals surface area contributed by atoms with Crippen LogP contribution in [0.5, 0.6) is 11.5 Å². The molecule has 0 radical (unpaired) electrons. The van der Waals surface area contributed by atoms with Crippen LogP contribution in [-0.4, -0.2) is 37.1 Å². The van der Waals surface area contributed by atoms with E-state index >= 15 is 0 Å². The molecule has 2 N–H and O–H groups in total. The van der Waals surface area contributed by atoms with Crippen molar-refractivity contribution in [2.24, 2.45) is 5.92 Å². The Hall–Kier alpha value is -1.95. The van der Waals surface area contributed by atoms with E-state index in [2.05, 4.69) is 23.6 Å². The molecule has 0 bridgehead atoms. The smallest absolute Gasteiger partial charge is 0.315 e. The normalized spacial score (nSPS) is 28.0. The predicted molar refractivity (Wildman–Crippen MR) is 97.5 cm³/mol. The molecule has 1 saturated carbocycles. The lowest BCUT2D eigenvalue weighted by atomic mass is 9.90. The number of carbonyl (C=O) groups is 1. The Morgan fingerprint density at radius 3 is 2.92 bits per heavy atom. The van der Waals surface area contributed by atoms with Crippen LogP contribution in [0.15, 0.2) is 18.2 Å². The molecule has 1 aromatic rings. The molecule has 1 saturated heterocycles. The molecule has 3 aliphatic rings. The molecule has 142 valence electrons. The van der Waals surface area contributed by atoms with Crippen molar-refractivity contribution in [2.75, 3.05) is 13.4 Å². The predicted octanol–water partition coefficient (Wildman–Crippen LogP) is 2.99. The van der Waals surface area contributed by atoms with E-state index in [0.29, 0.717) is 12.7 Å². The van der Waals surface area contributed by atoms with E-state index in [1.54, 1.807) is 0 Å². The maximum Gasteiger partial charge on any atom is 0.315 e. The number of aryl methyl sites for hydroxylation is 1. The van der Waals surface area contributed by atoms with E-state index in [4.69, 9.17) is 14.2 Å². The van der Waals surface area contributed by atoms with Gasteiger partial charge in [-0.3, -0.25) is 0 Å². The van der Waals surface area contributed by atoms with Crippen LogP contribution in [0.2, 0.25) is 0 Å². The molecule has 2 aliphatic heterocycles. The molecule has 0 spiro atoms. The van der Waals surface area contributed by atoms with Gasteiger partial charge in [0.2, 0.25) is 6.79 Å². The third-order valence-electron chi connectivity index (χ3n) is 5.68. The molecular weight excluding hydrogens is 332 g/mol. The molecule has 3 unspecified atom stereocenters. The Morgan fingerprint density at radius 2 is 2.12 bits per heavy atom. The topological polar surface area (TPSA) is 68.8 Å². The van der Waals surface area contributed by atoms with Crippen molar-refractivity contribution >= 4 is 6.03 Å². The fraction of sp³-hybridized carbons (Fsp3) is 0.650. The number of hydrogen-bond acceptors (Lipinski definition) is 4. The maximum atomic E-state index is 12.5. The Bertz CT molecular complexity index is 676. The second kappa shape index (κ2) is 6.99. The molecule has 6 heteroatoms. The van der Waals surface area contributed by atoms with Gasteiger partial charge in [-0.15, -0.1) is 0 Å². The summed E-state index contributed by atoms with van der Waals surface area (Å²) >= 11 is 0. The molecule has 4 rings (SSSR count). The van der Waals surface area contributed by atoms with Crippen molar-refractivity contribution in [3.8, 4) is 11.5 Å². The van der Waals surface area contributed by atoms with Gasteiger partial charge in [-0.2, -0.15) is 0 Å². The third-order valence-corrected chi connectivity index (χ3v) is 5.68. The van der Waals surface area contributed by atoms with Gasteiger partial charge in [0.25, 0.3) is 0 Å². The summed E-state index contributed by atoms with van der Waals surface area (Å²) in [7, 11) is 0. The van der Waals surface area contributed by atoms with Gasteiger partial charge in [-0.05, 0) is 69.6 Å². The summed E-state index contributed by atoms with van der Waals surface area (Å²) in [5, 5.41) is 6.25. The van der Waals surface area contributed by atoms with E-state index in [1.165, 1.54) is 18.4 Å². The standard InChI is InChI=1S/C20H28N2O4/c1-13(3-4-14-5-8-16-17(11-14)26-12-25-16)21-19(23)22-20(2)9-10-24-18(20)15-6-7-15/h5,8,11,13,15,18H,3-4,6-7,9-10,12H2,1-2H3,(H2,21,22,23). The van der Waals surface area contributed by atoms with Crippen LogP contribution in [0.3, 0.4) is 0 Å². The molecule has 26 heavy (non-hydrogen) atoms. The number of benzene rings is 1. The lowest BCUT2D eigenvalue weighted by Crippen LogP contribution is -2.56. The van der Waals surface area contributed by atoms with Crippen LogP contribution >= 0.6 is 0 Å². The van der Waals surface area contributed by atoms with Gasteiger partial charge in [0.1, 0.15) is 0 Å². The lowest BCUT2D eigenvalue weighted by molar-refractivity contribution is 0.0589. The molecule has 2 heterocycles. The maximum absolute atomic E-state index is 12.5. The summed E-state index contributed by atoms with van der Waals surface area (Å²) < 4.78 is 16.6. The van der Waals surface area contributed by atoms with Crippen LogP contribution in [0, 0.1) is 5.92 Å². The number of nitrogens with one attached hydrogen (secondary N) is 2. The van der Waals surface area contributed by atoms with Gasteiger partial charge in [0, 0.05) is 12.6 Å². The van der Waals surface area contributed by atoms with Crippen molar-refractivity contribution < 1.29 is 19.0 Å².